The zero-order valence-electron chi connectivity index (χ0n) is 22.1. The lowest BCUT2D eigenvalue weighted by atomic mass is 9.72. The van der Waals surface area contributed by atoms with Crippen LogP contribution in [-0.2, 0) is 5.60 Å². The Labute approximate surface area is 226 Å². The molecule has 1 aliphatic carbocycles. The molecule has 1 aliphatic rings. The maximum absolute atomic E-state index is 12.7. The molecule has 0 bridgehead atoms. The second-order valence-electron chi connectivity index (χ2n) is 10.2. The van der Waals surface area contributed by atoms with E-state index in [2.05, 4.69) is 20.9 Å². The molecule has 9 heteroatoms. The van der Waals surface area contributed by atoms with E-state index in [4.69, 9.17) is 19.2 Å². The molecule has 4 rings (SSSR count). The van der Waals surface area contributed by atoms with Crippen molar-refractivity contribution in [2.24, 2.45) is 0 Å². The summed E-state index contributed by atoms with van der Waals surface area (Å²) in [5.41, 5.74) is 0.158. The van der Waals surface area contributed by atoms with Crippen LogP contribution in [0.1, 0.15) is 49.1 Å². The number of nitrogens with zero attached hydrogens (tertiary/aromatic N) is 3. The zero-order chi connectivity index (χ0) is 26.8. The van der Waals surface area contributed by atoms with Crippen LogP contribution in [0.3, 0.4) is 0 Å². The summed E-state index contributed by atoms with van der Waals surface area (Å²) in [5.74, 6) is 0.716. The van der Waals surface area contributed by atoms with Crippen LogP contribution < -0.4 is 14.2 Å². The van der Waals surface area contributed by atoms with E-state index in [-0.39, 0.29) is 0 Å². The highest BCUT2D eigenvalue weighted by Crippen LogP contribution is 2.50. The molecule has 2 atom stereocenters. The molecule has 1 saturated carbocycles. The lowest BCUT2D eigenvalue weighted by molar-refractivity contribution is -0.0158. The Balaban J connectivity index is 1.93. The molecule has 8 nitrogen and oxygen atoms in total. The Bertz CT molecular complexity index is 1230. The number of pyridine rings is 2. The molecule has 200 valence electrons. The number of hydrogen-bond donors (Lipinski definition) is 2. The fourth-order valence-electron chi connectivity index (χ4n) is 4.87. The van der Waals surface area contributed by atoms with E-state index in [1.54, 1.807) is 33.5 Å². The van der Waals surface area contributed by atoms with Crippen LogP contribution in [0.15, 0.2) is 40.9 Å². The third-order valence-electron chi connectivity index (χ3n) is 7.28. The summed E-state index contributed by atoms with van der Waals surface area (Å²) in [5, 5.41) is 24.4. The highest BCUT2D eigenvalue weighted by Gasteiger charge is 2.46. The van der Waals surface area contributed by atoms with Gasteiger partial charge in [0, 0.05) is 40.0 Å². The molecule has 37 heavy (non-hydrogen) atoms. The monoisotopic (exact) mass is 573 g/mol. The average molecular weight is 575 g/mol. The van der Waals surface area contributed by atoms with Crippen LogP contribution in [0.25, 0.3) is 10.9 Å². The molecule has 2 heterocycles. The van der Waals surface area contributed by atoms with Crippen LogP contribution in [0.4, 0.5) is 0 Å². The minimum absolute atomic E-state index is 0.352. The van der Waals surface area contributed by atoms with Gasteiger partial charge >= 0.3 is 0 Å². The predicted molar refractivity (Wildman–Crippen MR) is 147 cm³/mol. The van der Waals surface area contributed by atoms with Gasteiger partial charge in [-0.3, -0.25) is 0 Å². The lowest BCUT2D eigenvalue weighted by Crippen LogP contribution is -2.38. The number of halogens is 1. The van der Waals surface area contributed by atoms with E-state index in [1.165, 1.54) is 0 Å². The average Bonchev–Trinajstić information content (AvgIpc) is 3.63. The van der Waals surface area contributed by atoms with E-state index < -0.39 is 17.1 Å². The molecule has 1 fully saturated rings. The van der Waals surface area contributed by atoms with Crippen LogP contribution in [0, 0.1) is 0 Å². The van der Waals surface area contributed by atoms with Crippen molar-refractivity contribution < 1.29 is 24.4 Å². The van der Waals surface area contributed by atoms with Gasteiger partial charge in [-0.1, -0.05) is 15.9 Å². The minimum atomic E-state index is -1.37. The van der Waals surface area contributed by atoms with Crippen LogP contribution in [-0.4, -0.2) is 72.7 Å². The molecule has 2 aromatic heterocycles. The van der Waals surface area contributed by atoms with Crippen LogP contribution in [0.5, 0.6) is 17.6 Å². The molecular weight excluding hydrogens is 538 g/mol. The molecule has 0 saturated heterocycles. The van der Waals surface area contributed by atoms with Crippen molar-refractivity contribution in [3.63, 3.8) is 0 Å². The Morgan fingerprint density at radius 1 is 1.03 bits per heavy atom. The molecule has 0 radical (unpaired) electrons. The standard InChI is InChI=1S/C28H36BrN3O5/c1-32(2)13-12-28(34,19-16-24(35-3)31-25(17-19)36-4)22(8-9-27(33)10-11-27)21-15-18-14-20(29)6-7-23(18)30-26(21)37-5/h6-7,14-17,22,33-34H,8-13H2,1-5H3. The number of methoxy groups -OCH3 is 3. The van der Waals surface area contributed by atoms with Gasteiger partial charge in [-0.15, -0.1) is 0 Å². The summed E-state index contributed by atoms with van der Waals surface area (Å²) in [6, 6.07) is 11.4. The number of fused-ring (bicyclic) bond motifs is 1. The van der Waals surface area contributed by atoms with Gasteiger partial charge < -0.3 is 29.3 Å². The van der Waals surface area contributed by atoms with Crippen molar-refractivity contribution in [3.8, 4) is 17.6 Å². The van der Waals surface area contributed by atoms with Crippen LogP contribution >= 0.6 is 15.9 Å². The summed E-state index contributed by atoms with van der Waals surface area (Å²) in [4.78, 5) is 11.2. The largest absolute Gasteiger partial charge is 0.481 e. The Kier molecular flexibility index (Phi) is 8.28. The Hall–Kier alpha value is -2.46. The van der Waals surface area contributed by atoms with E-state index in [0.717, 1.165) is 33.8 Å². The number of rotatable bonds is 12. The van der Waals surface area contributed by atoms with Gasteiger partial charge in [0.15, 0.2) is 0 Å². The van der Waals surface area contributed by atoms with Gasteiger partial charge in [0.1, 0.15) is 0 Å². The summed E-state index contributed by atoms with van der Waals surface area (Å²) in [6.45, 7) is 0.624. The zero-order valence-corrected chi connectivity index (χ0v) is 23.7. The number of hydrogen-bond acceptors (Lipinski definition) is 8. The van der Waals surface area contributed by atoms with Gasteiger partial charge in [-0.2, -0.15) is 4.98 Å². The first-order valence-corrected chi connectivity index (χ1v) is 13.2. The highest BCUT2D eigenvalue weighted by atomic mass is 79.9. The van der Waals surface area contributed by atoms with Gasteiger partial charge in [-0.05, 0) is 76.0 Å². The van der Waals surface area contributed by atoms with Gasteiger partial charge in [-0.25, -0.2) is 4.98 Å². The normalized spacial score (nSPS) is 16.9. The first-order valence-electron chi connectivity index (χ1n) is 12.4. The molecule has 0 spiro atoms. The molecular formula is C28H36BrN3O5. The molecule has 2 N–H and O–H groups in total. The Morgan fingerprint density at radius 3 is 2.27 bits per heavy atom. The minimum Gasteiger partial charge on any atom is -0.481 e. The summed E-state index contributed by atoms with van der Waals surface area (Å²) in [7, 11) is 8.63. The molecule has 3 aromatic rings. The first-order chi connectivity index (χ1) is 17.6. The molecule has 0 amide bonds. The van der Waals surface area contributed by atoms with Gasteiger partial charge in [0.05, 0.1) is 38.0 Å². The maximum Gasteiger partial charge on any atom is 0.217 e. The molecule has 2 unspecified atom stereocenters. The Morgan fingerprint density at radius 2 is 1.70 bits per heavy atom. The molecule has 0 aliphatic heterocycles. The number of benzene rings is 1. The van der Waals surface area contributed by atoms with Crippen molar-refractivity contribution >= 4 is 26.8 Å². The number of aliphatic hydroxyl groups is 2. The molecule has 1 aromatic carbocycles. The second-order valence-corrected chi connectivity index (χ2v) is 11.1. The summed E-state index contributed by atoms with van der Waals surface area (Å²) < 4.78 is 17.6. The predicted octanol–water partition coefficient (Wildman–Crippen LogP) is 4.65. The van der Waals surface area contributed by atoms with Crippen molar-refractivity contribution in [2.45, 2.75) is 49.2 Å². The van der Waals surface area contributed by atoms with E-state index in [0.29, 0.717) is 49.0 Å². The third kappa shape index (κ3) is 6.17. The number of aromatic nitrogens is 2. The topological polar surface area (TPSA) is 97.2 Å². The van der Waals surface area contributed by atoms with E-state index in [1.807, 2.05) is 43.3 Å². The van der Waals surface area contributed by atoms with E-state index >= 15 is 0 Å². The van der Waals surface area contributed by atoms with Gasteiger partial charge in [0.2, 0.25) is 17.6 Å². The number of ether oxygens (including phenoxy) is 3. The van der Waals surface area contributed by atoms with Crippen molar-refractivity contribution in [3.05, 3.63) is 52.0 Å². The highest BCUT2D eigenvalue weighted by molar-refractivity contribution is 9.10. The van der Waals surface area contributed by atoms with Crippen molar-refractivity contribution in [1.29, 1.82) is 0 Å². The van der Waals surface area contributed by atoms with Gasteiger partial charge in [0.25, 0.3) is 0 Å². The van der Waals surface area contributed by atoms with Crippen LogP contribution in [0.2, 0.25) is 0 Å². The smallest absolute Gasteiger partial charge is 0.217 e. The first kappa shape index (κ1) is 27.6. The fraction of sp³-hybridized carbons (Fsp3) is 0.500. The maximum atomic E-state index is 12.7. The quantitative estimate of drug-likeness (QED) is 0.323. The SMILES string of the molecule is COc1cc(C(O)(CCN(C)C)C(CCC2(O)CC2)c2cc3cc(Br)ccc3nc2OC)cc(OC)n1. The van der Waals surface area contributed by atoms with Crippen molar-refractivity contribution in [1.82, 2.24) is 14.9 Å². The lowest BCUT2D eigenvalue weighted by Gasteiger charge is -2.39. The fourth-order valence-corrected chi connectivity index (χ4v) is 5.25. The second kappa shape index (κ2) is 11.1. The summed E-state index contributed by atoms with van der Waals surface area (Å²) in [6.07, 6.45) is 3.05. The van der Waals surface area contributed by atoms with Crippen molar-refractivity contribution in [2.75, 3.05) is 42.0 Å². The van der Waals surface area contributed by atoms with E-state index in [9.17, 15) is 10.2 Å². The summed E-state index contributed by atoms with van der Waals surface area (Å²) >= 11 is 3.56. The third-order valence-corrected chi connectivity index (χ3v) is 7.77.